The number of nitrogens with one attached hydrogen (secondary N) is 1. The fourth-order valence-corrected chi connectivity index (χ4v) is 10.3. The number of fused-ring (bicyclic) bond motifs is 3. The lowest BCUT2D eigenvalue weighted by Crippen LogP contribution is -2.61. The Kier molecular flexibility index (Phi) is 23.1. The standard InChI is InChI=1S/C53H83N3O14/c1-11-55-52(63)69-42-23-21-37(28-45(42)66-9)27-39(54)44-30-41(57)33(4)26-35(6)47(59)48(67-10)46(58)34(5)25-31(2)17-13-12-14-18-32(3)43(65-8)29-38-22-20-36(7)53(64,70-38)49(60)50(61)56-24-16-15-19-40(56)51(62)68-44/h12-14,17-18,26,31,33-34,36-40,42-45,47-48,59,64H,11,15-16,19-25,27-30,54H2,1-10H3,(H,55,63)/b14-12+,17-13+,32-18+,35-26+/t31-,33-,34?,36-,37+,38+,39-,40+,42-,43+,44+,45-,47-,48+,53-/m1/s1. The summed E-state index contributed by atoms with van der Waals surface area (Å²) in [6, 6.07) is -2.10. The number of hydrogen-bond acceptors (Lipinski definition) is 15. The molecular formula is C53H83N3O14. The number of cyclic esters (lactones) is 1. The van der Waals surface area contributed by atoms with Crippen LogP contribution in [-0.4, -0.2) is 145 Å². The maximum absolute atomic E-state index is 14.4. The fraction of sp³-hybridized carbons (Fsp3) is 0.736. The molecule has 0 aromatic heterocycles. The lowest BCUT2D eigenvalue weighted by atomic mass is 9.80. The highest BCUT2D eigenvalue weighted by Crippen LogP contribution is 2.37. The Labute approximate surface area is 415 Å². The average Bonchev–Trinajstić information content (AvgIpc) is 3.33. The minimum atomic E-state index is -2.47. The topological polar surface area (TPSA) is 240 Å². The molecule has 3 aliphatic heterocycles. The number of Topliss-reactive ketones (excluding diaryl/α,β-unsaturated/α-hetero) is 3. The lowest BCUT2D eigenvalue weighted by molar-refractivity contribution is -0.265. The molecule has 5 N–H and O–H groups in total. The second kappa shape index (κ2) is 27.6. The van der Waals surface area contributed by atoms with E-state index in [9.17, 15) is 39.0 Å². The van der Waals surface area contributed by atoms with E-state index < -0.39 is 102 Å². The van der Waals surface area contributed by atoms with Crippen molar-refractivity contribution in [1.82, 2.24) is 10.2 Å². The second-order valence-corrected chi connectivity index (χ2v) is 20.2. The van der Waals surface area contributed by atoms with Gasteiger partial charge in [0.2, 0.25) is 5.79 Å². The Hall–Kier alpha value is -4.10. The van der Waals surface area contributed by atoms with Crippen LogP contribution < -0.4 is 11.1 Å². The Morgan fingerprint density at radius 3 is 2.30 bits per heavy atom. The molecular weight excluding hydrogens is 903 g/mol. The molecule has 3 heterocycles. The molecule has 2 bridgehead atoms. The van der Waals surface area contributed by atoms with Crippen LogP contribution in [0.2, 0.25) is 0 Å². The molecule has 3 fully saturated rings. The maximum atomic E-state index is 14.4. The lowest BCUT2D eigenvalue weighted by Gasteiger charge is -2.42. The monoisotopic (exact) mass is 986 g/mol. The summed E-state index contributed by atoms with van der Waals surface area (Å²) in [4.78, 5) is 84.3. The molecule has 0 aromatic rings. The smallest absolute Gasteiger partial charge is 0.407 e. The number of aliphatic hydroxyl groups is 2. The summed E-state index contributed by atoms with van der Waals surface area (Å²) in [6.07, 6.45) is 9.21. The van der Waals surface area contributed by atoms with Crippen LogP contribution in [0.4, 0.5) is 4.79 Å². The number of amides is 2. The zero-order valence-electron chi connectivity index (χ0n) is 43.3. The van der Waals surface area contributed by atoms with Gasteiger partial charge in [-0.05, 0) is 108 Å². The largest absolute Gasteiger partial charge is 0.459 e. The number of allylic oxidation sites excluding steroid dienone is 6. The molecule has 394 valence electrons. The van der Waals surface area contributed by atoms with Crippen molar-refractivity contribution < 1.29 is 67.4 Å². The zero-order chi connectivity index (χ0) is 51.9. The molecule has 0 aromatic carbocycles. The van der Waals surface area contributed by atoms with E-state index in [-0.39, 0.29) is 42.8 Å². The molecule has 1 saturated carbocycles. The van der Waals surface area contributed by atoms with Gasteiger partial charge in [-0.2, -0.15) is 0 Å². The zero-order valence-corrected chi connectivity index (χ0v) is 43.3. The molecule has 17 heteroatoms. The number of aliphatic hydroxyl groups excluding tert-OH is 1. The number of alkyl carbamates (subject to hydrolysis) is 1. The number of piperidine rings is 1. The van der Waals surface area contributed by atoms with Crippen molar-refractivity contribution in [3.8, 4) is 0 Å². The van der Waals surface area contributed by atoms with E-state index in [1.54, 1.807) is 47.8 Å². The van der Waals surface area contributed by atoms with Crippen LogP contribution in [0, 0.1) is 29.6 Å². The first-order chi connectivity index (χ1) is 33.2. The molecule has 0 spiro atoms. The van der Waals surface area contributed by atoms with E-state index in [1.807, 2.05) is 44.2 Å². The summed E-state index contributed by atoms with van der Waals surface area (Å²) in [5.41, 5.74) is 8.13. The van der Waals surface area contributed by atoms with Gasteiger partial charge in [-0.15, -0.1) is 0 Å². The Bertz CT molecular complexity index is 1920. The second-order valence-electron chi connectivity index (χ2n) is 20.2. The summed E-state index contributed by atoms with van der Waals surface area (Å²) in [6.45, 7) is 12.8. The van der Waals surface area contributed by atoms with Gasteiger partial charge in [0.1, 0.15) is 36.2 Å². The van der Waals surface area contributed by atoms with Crippen molar-refractivity contribution >= 4 is 35.3 Å². The third kappa shape index (κ3) is 15.7. The number of hydrogen-bond donors (Lipinski definition) is 4. The van der Waals surface area contributed by atoms with Crippen molar-refractivity contribution in [1.29, 1.82) is 0 Å². The predicted octanol–water partition coefficient (Wildman–Crippen LogP) is 5.63. The number of carbonyl (C=O) groups is 6. The first-order valence-electron chi connectivity index (χ1n) is 25.4. The van der Waals surface area contributed by atoms with Crippen molar-refractivity contribution in [2.24, 2.45) is 35.3 Å². The molecule has 0 radical (unpaired) electrons. The highest BCUT2D eigenvalue weighted by Gasteiger charge is 2.53. The number of methoxy groups -OCH3 is 3. The molecule has 17 nitrogen and oxygen atoms in total. The predicted molar refractivity (Wildman–Crippen MR) is 262 cm³/mol. The SMILES string of the molecule is CCNC(=O)O[C@@H]1CC[C@@H](C[C@@H](N)[C@@H]2CC(=O)[C@H](C)/C=C(\C)[C@@H](O)[C@@H](OC)C(=O)C(C)C[C@H](C)/C=C/C=C/C=C(\C)[C@@H](OC)C[C@@H]3CC[C@@H](C)[C@@](O)(O3)C(=O)C(=O)N3CCCC[C@H]3C(=O)O2)C[C@H]1OC. The van der Waals surface area contributed by atoms with Gasteiger partial charge < -0.3 is 54.6 Å². The van der Waals surface area contributed by atoms with E-state index in [0.29, 0.717) is 76.3 Å². The van der Waals surface area contributed by atoms with E-state index in [1.165, 1.54) is 14.2 Å². The van der Waals surface area contributed by atoms with Crippen molar-refractivity contribution in [2.75, 3.05) is 34.4 Å². The maximum Gasteiger partial charge on any atom is 0.407 e. The molecule has 4 rings (SSSR count). The van der Waals surface area contributed by atoms with Crippen molar-refractivity contribution in [3.63, 3.8) is 0 Å². The van der Waals surface area contributed by atoms with Gasteiger partial charge in [-0.1, -0.05) is 64.2 Å². The third-order valence-electron chi connectivity index (χ3n) is 14.8. The van der Waals surface area contributed by atoms with E-state index in [2.05, 4.69) is 5.32 Å². The van der Waals surface area contributed by atoms with E-state index in [0.717, 1.165) is 10.5 Å². The van der Waals surface area contributed by atoms with Gasteiger partial charge in [0.15, 0.2) is 5.78 Å². The number of nitrogens with zero attached hydrogens (tertiary/aromatic N) is 1. The Morgan fingerprint density at radius 1 is 0.900 bits per heavy atom. The van der Waals surface area contributed by atoms with Gasteiger partial charge in [0.25, 0.3) is 11.7 Å². The van der Waals surface area contributed by atoms with Gasteiger partial charge in [-0.3, -0.25) is 19.2 Å². The van der Waals surface area contributed by atoms with Gasteiger partial charge in [0, 0.05) is 71.1 Å². The fourth-order valence-electron chi connectivity index (χ4n) is 10.3. The summed E-state index contributed by atoms with van der Waals surface area (Å²) < 4.78 is 35.1. The van der Waals surface area contributed by atoms with Crippen LogP contribution >= 0.6 is 0 Å². The summed E-state index contributed by atoms with van der Waals surface area (Å²) in [5.74, 6) is -8.31. The molecule has 70 heavy (non-hydrogen) atoms. The molecule has 15 atom stereocenters. The highest BCUT2D eigenvalue weighted by atomic mass is 16.6. The number of nitrogens with two attached hydrogens (primary N) is 1. The first-order valence-corrected chi connectivity index (χ1v) is 25.4. The molecule has 4 aliphatic rings. The van der Waals surface area contributed by atoms with Crippen LogP contribution in [0.25, 0.3) is 0 Å². The quantitative estimate of drug-likeness (QED) is 0.131. The van der Waals surface area contributed by atoms with Crippen LogP contribution in [-0.2, 0) is 52.4 Å². The molecule has 1 aliphatic carbocycles. The number of rotatable bonds is 8. The van der Waals surface area contributed by atoms with Crippen LogP contribution in [0.15, 0.2) is 47.6 Å². The van der Waals surface area contributed by atoms with E-state index >= 15 is 0 Å². The number of esters is 1. The Morgan fingerprint density at radius 2 is 1.63 bits per heavy atom. The first kappa shape index (κ1) is 58.5. The summed E-state index contributed by atoms with van der Waals surface area (Å²) in [7, 11) is 4.46. The Balaban J connectivity index is 1.69. The van der Waals surface area contributed by atoms with Gasteiger partial charge >= 0.3 is 12.1 Å². The minimum absolute atomic E-state index is 0.00190. The van der Waals surface area contributed by atoms with Gasteiger partial charge in [0.05, 0.1) is 18.3 Å². The molecule has 2 saturated heterocycles. The van der Waals surface area contributed by atoms with Crippen LogP contribution in [0.5, 0.6) is 0 Å². The number of ether oxygens (including phenoxy) is 6. The summed E-state index contributed by atoms with van der Waals surface area (Å²) in [5, 5.41) is 26.1. The molecule has 1 unspecified atom stereocenters. The normalized spacial score (nSPS) is 38.2. The van der Waals surface area contributed by atoms with Crippen LogP contribution in [0.3, 0.4) is 0 Å². The van der Waals surface area contributed by atoms with Gasteiger partial charge in [-0.25, -0.2) is 9.59 Å². The van der Waals surface area contributed by atoms with E-state index in [4.69, 9.17) is 34.2 Å². The van der Waals surface area contributed by atoms with Crippen molar-refractivity contribution in [3.05, 3.63) is 47.6 Å². The highest BCUT2D eigenvalue weighted by molar-refractivity contribution is 6.39. The number of ketones is 3. The van der Waals surface area contributed by atoms with Crippen LogP contribution in [0.1, 0.15) is 126 Å². The number of carbonyl (C=O) groups excluding carboxylic acids is 6. The average molecular weight is 986 g/mol. The van der Waals surface area contributed by atoms with Crippen molar-refractivity contribution in [2.45, 2.75) is 186 Å². The molecule has 2 amide bonds. The summed E-state index contributed by atoms with van der Waals surface area (Å²) >= 11 is 0. The third-order valence-corrected chi connectivity index (χ3v) is 14.8. The minimum Gasteiger partial charge on any atom is -0.459 e.